The number of rotatable bonds is 3. The van der Waals surface area contributed by atoms with Gasteiger partial charge in [-0.3, -0.25) is 0 Å². The molecule has 0 aliphatic rings. The fourth-order valence-electron chi connectivity index (χ4n) is 2.14. The molecule has 0 atom stereocenters. The largest absolute Gasteiger partial charge is 0.478 e. The van der Waals surface area contributed by atoms with Crippen molar-refractivity contribution in [2.24, 2.45) is 0 Å². The second-order valence-corrected chi connectivity index (χ2v) is 6.00. The van der Waals surface area contributed by atoms with Crippen LogP contribution in [-0.2, 0) is 0 Å². The van der Waals surface area contributed by atoms with Gasteiger partial charge in [-0.15, -0.1) is 0 Å². The summed E-state index contributed by atoms with van der Waals surface area (Å²) in [5.74, 6) is -0.926. The molecule has 0 spiro atoms. The van der Waals surface area contributed by atoms with Crippen molar-refractivity contribution in [3.05, 3.63) is 53.1 Å². The number of nitrogens with one attached hydrogen (secondary N) is 1. The van der Waals surface area contributed by atoms with Gasteiger partial charge in [0.05, 0.1) is 16.6 Å². The van der Waals surface area contributed by atoms with Crippen molar-refractivity contribution in [2.45, 2.75) is 23.9 Å². The maximum absolute atomic E-state index is 11.3. The summed E-state index contributed by atoms with van der Waals surface area (Å²) in [5, 5.41) is 9.96. The number of nitrogens with zero attached hydrogens (tertiary/aromatic N) is 1. The first kappa shape index (κ1) is 13.7. The van der Waals surface area contributed by atoms with Gasteiger partial charge in [0.25, 0.3) is 0 Å². The van der Waals surface area contributed by atoms with E-state index in [-0.39, 0.29) is 0 Å². The molecule has 0 saturated heterocycles. The molecule has 3 rings (SSSR count). The second-order valence-electron chi connectivity index (χ2n) is 4.97. The van der Waals surface area contributed by atoms with Crippen LogP contribution in [0.2, 0.25) is 0 Å². The normalized spacial score (nSPS) is 11.0. The van der Waals surface area contributed by atoms with Crippen LogP contribution in [-0.4, -0.2) is 21.0 Å². The lowest BCUT2D eigenvalue weighted by molar-refractivity contribution is 0.0693. The smallest absolute Gasteiger partial charge is 0.336 e. The van der Waals surface area contributed by atoms with Crippen LogP contribution < -0.4 is 0 Å². The first-order valence-electron chi connectivity index (χ1n) is 6.51. The average molecular weight is 298 g/mol. The number of hydrogen-bond donors (Lipinski definition) is 2. The molecule has 0 unspecified atom stereocenters. The molecule has 2 aromatic carbocycles. The van der Waals surface area contributed by atoms with E-state index < -0.39 is 5.97 Å². The minimum atomic E-state index is -0.926. The van der Waals surface area contributed by atoms with E-state index in [4.69, 9.17) is 0 Å². The SMILES string of the molecule is Cc1ccc(C(=O)O)c(Sc2nc3ccc(C)cc3[nH]2)c1. The van der Waals surface area contributed by atoms with E-state index in [0.717, 1.165) is 22.2 Å². The van der Waals surface area contributed by atoms with Crippen molar-refractivity contribution in [3.8, 4) is 0 Å². The molecule has 0 amide bonds. The van der Waals surface area contributed by atoms with Gasteiger partial charge in [0.15, 0.2) is 5.16 Å². The van der Waals surface area contributed by atoms with E-state index in [1.165, 1.54) is 11.8 Å². The molecule has 0 radical (unpaired) electrons. The number of H-pyrrole nitrogens is 1. The van der Waals surface area contributed by atoms with Crippen molar-refractivity contribution >= 4 is 28.8 Å². The van der Waals surface area contributed by atoms with Gasteiger partial charge in [-0.05, 0) is 49.2 Å². The first-order chi connectivity index (χ1) is 10.0. The van der Waals surface area contributed by atoms with Crippen molar-refractivity contribution in [2.75, 3.05) is 0 Å². The Morgan fingerprint density at radius 2 is 1.86 bits per heavy atom. The number of aryl methyl sites for hydroxylation is 2. The fraction of sp³-hybridized carbons (Fsp3) is 0.125. The maximum Gasteiger partial charge on any atom is 0.336 e. The van der Waals surface area contributed by atoms with Crippen LogP contribution in [0.4, 0.5) is 0 Å². The fourth-order valence-corrected chi connectivity index (χ4v) is 3.17. The van der Waals surface area contributed by atoms with Crippen molar-refractivity contribution in [3.63, 3.8) is 0 Å². The zero-order chi connectivity index (χ0) is 15.0. The lowest BCUT2D eigenvalue weighted by Gasteiger charge is -2.04. The number of aromatic nitrogens is 2. The van der Waals surface area contributed by atoms with Crippen molar-refractivity contribution in [1.82, 2.24) is 9.97 Å². The van der Waals surface area contributed by atoms with E-state index in [1.807, 2.05) is 38.1 Å². The molecule has 0 aliphatic heterocycles. The van der Waals surface area contributed by atoms with Crippen LogP contribution in [0.15, 0.2) is 46.5 Å². The Balaban J connectivity index is 2.02. The lowest BCUT2D eigenvalue weighted by atomic mass is 10.1. The predicted octanol–water partition coefficient (Wildman–Crippen LogP) is 4.03. The molecule has 106 valence electrons. The van der Waals surface area contributed by atoms with Crippen LogP contribution in [0.5, 0.6) is 0 Å². The molecule has 5 heteroatoms. The van der Waals surface area contributed by atoms with Gasteiger partial charge in [-0.25, -0.2) is 9.78 Å². The van der Waals surface area contributed by atoms with Crippen molar-refractivity contribution < 1.29 is 9.90 Å². The van der Waals surface area contributed by atoms with E-state index in [9.17, 15) is 9.90 Å². The number of hydrogen-bond acceptors (Lipinski definition) is 3. The summed E-state index contributed by atoms with van der Waals surface area (Å²) in [5.41, 5.74) is 4.32. The summed E-state index contributed by atoms with van der Waals surface area (Å²) in [6.45, 7) is 3.97. The Morgan fingerprint density at radius 1 is 1.14 bits per heavy atom. The molecule has 4 nitrogen and oxygen atoms in total. The number of carboxylic acids is 1. The highest BCUT2D eigenvalue weighted by Gasteiger charge is 2.13. The summed E-state index contributed by atoms with van der Waals surface area (Å²) in [6, 6.07) is 11.3. The van der Waals surface area contributed by atoms with Gasteiger partial charge in [0.2, 0.25) is 0 Å². The molecule has 21 heavy (non-hydrogen) atoms. The molecule has 3 aromatic rings. The molecular weight excluding hydrogens is 284 g/mol. The summed E-state index contributed by atoms with van der Waals surface area (Å²) >= 11 is 1.34. The van der Waals surface area contributed by atoms with Gasteiger partial charge in [-0.1, -0.05) is 23.9 Å². The minimum Gasteiger partial charge on any atom is -0.478 e. The van der Waals surface area contributed by atoms with E-state index in [1.54, 1.807) is 12.1 Å². The third-order valence-electron chi connectivity index (χ3n) is 3.19. The average Bonchev–Trinajstić information content (AvgIpc) is 2.79. The number of aromatic carboxylic acids is 1. The number of benzene rings is 2. The first-order valence-corrected chi connectivity index (χ1v) is 7.33. The summed E-state index contributed by atoms with van der Waals surface area (Å²) in [6.07, 6.45) is 0. The van der Waals surface area contributed by atoms with E-state index in [2.05, 4.69) is 9.97 Å². The van der Waals surface area contributed by atoms with Crippen LogP contribution in [0.3, 0.4) is 0 Å². The molecule has 2 N–H and O–H groups in total. The van der Waals surface area contributed by atoms with Gasteiger partial charge in [0.1, 0.15) is 0 Å². The molecule has 0 saturated carbocycles. The number of imidazole rings is 1. The van der Waals surface area contributed by atoms with Gasteiger partial charge in [0, 0.05) is 4.90 Å². The Hall–Kier alpha value is -2.27. The molecule has 1 aromatic heterocycles. The topological polar surface area (TPSA) is 66.0 Å². The maximum atomic E-state index is 11.3. The van der Waals surface area contributed by atoms with E-state index >= 15 is 0 Å². The third-order valence-corrected chi connectivity index (χ3v) is 4.13. The third kappa shape index (κ3) is 2.78. The Bertz CT molecular complexity index is 839. The summed E-state index contributed by atoms with van der Waals surface area (Å²) in [7, 11) is 0. The minimum absolute atomic E-state index is 0.294. The van der Waals surface area contributed by atoms with Gasteiger partial charge < -0.3 is 10.1 Å². The van der Waals surface area contributed by atoms with Crippen LogP contribution in [0, 0.1) is 13.8 Å². The Morgan fingerprint density at radius 3 is 2.62 bits per heavy atom. The monoisotopic (exact) mass is 298 g/mol. The van der Waals surface area contributed by atoms with Crippen molar-refractivity contribution in [1.29, 1.82) is 0 Å². The van der Waals surface area contributed by atoms with Crippen LogP contribution in [0.1, 0.15) is 21.5 Å². The molecule has 0 fully saturated rings. The molecule has 1 heterocycles. The number of carboxylic acid groups (broad SMARTS) is 1. The van der Waals surface area contributed by atoms with Gasteiger partial charge >= 0.3 is 5.97 Å². The molecular formula is C16H14N2O2S. The predicted molar refractivity (Wildman–Crippen MR) is 83.1 cm³/mol. The quantitative estimate of drug-likeness (QED) is 0.766. The zero-order valence-electron chi connectivity index (χ0n) is 11.7. The standard InChI is InChI=1S/C16H14N2O2S/c1-9-4-6-12-13(7-9)18-16(17-12)21-14-8-10(2)3-5-11(14)15(19)20/h3-8H,1-2H3,(H,17,18)(H,19,20). The highest BCUT2D eigenvalue weighted by atomic mass is 32.2. The van der Waals surface area contributed by atoms with Crippen LogP contribution in [0.25, 0.3) is 11.0 Å². The van der Waals surface area contributed by atoms with Gasteiger partial charge in [-0.2, -0.15) is 0 Å². The number of carbonyl (C=O) groups is 1. The molecule has 0 bridgehead atoms. The van der Waals surface area contributed by atoms with E-state index in [0.29, 0.717) is 15.6 Å². The summed E-state index contributed by atoms with van der Waals surface area (Å²) in [4.78, 5) is 19.7. The highest BCUT2D eigenvalue weighted by Crippen LogP contribution is 2.31. The number of aromatic amines is 1. The Labute approximate surface area is 126 Å². The molecule has 0 aliphatic carbocycles. The zero-order valence-corrected chi connectivity index (χ0v) is 12.5. The highest BCUT2D eigenvalue weighted by molar-refractivity contribution is 7.99. The van der Waals surface area contributed by atoms with Crippen LogP contribution >= 0.6 is 11.8 Å². The number of fused-ring (bicyclic) bond motifs is 1. The second kappa shape index (κ2) is 5.26. The Kier molecular flexibility index (Phi) is 3.43. The lowest BCUT2D eigenvalue weighted by Crippen LogP contribution is -1.99. The summed E-state index contributed by atoms with van der Waals surface area (Å²) < 4.78 is 0.